The molecule has 2 aliphatic heterocycles. The number of amides is 3. The Morgan fingerprint density at radius 1 is 1.08 bits per heavy atom. The van der Waals surface area contributed by atoms with E-state index in [1.54, 1.807) is 12.1 Å². The Morgan fingerprint density at radius 2 is 1.81 bits per heavy atom. The van der Waals surface area contributed by atoms with Gasteiger partial charge in [0.2, 0.25) is 5.91 Å². The molecule has 1 aromatic heterocycles. The van der Waals surface area contributed by atoms with Crippen LogP contribution in [0, 0.1) is 5.92 Å². The Morgan fingerprint density at radius 3 is 2.54 bits per heavy atom. The highest BCUT2D eigenvalue weighted by atomic mass is 35.5. The molecular weight excluding hydrogens is 506 g/mol. The first-order valence-electron chi connectivity index (χ1n) is 12.7. The van der Waals surface area contributed by atoms with Crippen LogP contribution in [0.1, 0.15) is 43.4 Å². The molecule has 0 N–H and O–H groups in total. The van der Waals surface area contributed by atoms with Crippen molar-refractivity contribution in [2.45, 2.75) is 46.2 Å². The van der Waals surface area contributed by atoms with E-state index in [4.69, 9.17) is 11.6 Å². The van der Waals surface area contributed by atoms with E-state index < -0.39 is 0 Å². The van der Waals surface area contributed by atoms with E-state index in [0.717, 1.165) is 71.7 Å². The maximum absolute atomic E-state index is 13.2. The van der Waals surface area contributed by atoms with E-state index in [1.807, 2.05) is 46.0 Å². The third kappa shape index (κ3) is 5.20. The van der Waals surface area contributed by atoms with Crippen molar-refractivity contribution in [3.8, 4) is 0 Å². The SMILES string of the molecule is CCc1cccc2c(/C=C3\SC(=O)N(Cc4ccccc4Cl)C3=O)cn(CC(=O)N3CCC(C)CC3)c12. The number of carbonyl (C=O) groups excluding carboxylic acids is 3. The number of fused-ring (bicyclic) bond motifs is 1. The molecule has 0 bridgehead atoms. The number of imide groups is 1. The zero-order valence-electron chi connectivity index (χ0n) is 21.1. The smallest absolute Gasteiger partial charge is 0.293 e. The maximum Gasteiger partial charge on any atom is 0.293 e. The Kier molecular flexibility index (Phi) is 7.45. The summed E-state index contributed by atoms with van der Waals surface area (Å²) in [5.74, 6) is 0.435. The average Bonchev–Trinajstić information content (AvgIpc) is 3.37. The molecule has 6 nitrogen and oxygen atoms in total. The molecule has 0 saturated carbocycles. The van der Waals surface area contributed by atoms with Gasteiger partial charge in [0.25, 0.3) is 11.1 Å². The van der Waals surface area contributed by atoms with Crippen LogP contribution in [-0.4, -0.2) is 44.5 Å². The van der Waals surface area contributed by atoms with Gasteiger partial charge in [-0.1, -0.05) is 61.8 Å². The zero-order valence-corrected chi connectivity index (χ0v) is 22.6. The predicted molar refractivity (Wildman–Crippen MR) is 149 cm³/mol. The Labute approximate surface area is 226 Å². The molecule has 37 heavy (non-hydrogen) atoms. The fraction of sp³-hybridized carbons (Fsp3) is 0.345. The van der Waals surface area contributed by atoms with Crippen LogP contribution in [0.3, 0.4) is 0 Å². The first-order valence-corrected chi connectivity index (χ1v) is 13.9. The van der Waals surface area contributed by atoms with E-state index in [2.05, 4.69) is 19.9 Å². The lowest BCUT2D eigenvalue weighted by molar-refractivity contribution is -0.133. The van der Waals surface area contributed by atoms with Crippen LogP contribution >= 0.6 is 23.4 Å². The molecule has 2 aromatic carbocycles. The lowest BCUT2D eigenvalue weighted by atomic mass is 9.99. The highest BCUT2D eigenvalue weighted by Gasteiger charge is 2.35. The van der Waals surface area contributed by atoms with Gasteiger partial charge in [0, 0.05) is 35.3 Å². The lowest BCUT2D eigenvalue weighted by Crippen LogP contribution is -2.39. The molecule has 2 saturated heterocycles. The zero-order chi connectivity index (χ0) is 26.1. The van der Waals surface area contributed by atoms with Crippen LogP contribution in [0.2, 0.25) is 5.02 Å². The number of aromatic nitrogens is 1. The molecule has 0 radical (unpaired) electrons. The van der Waals surface area contributed by atoms with Gasteiger partial charge in [-0.05, 0) is 60.2 Å². The van der Waals surface area contributed by atoms with Gasteiger partial charge < -0.3 is 9.47 Å². The minimum atomic E-state index is -0.332. The van der Waals surface area contributed by atoms with Crippen molar-refractivity contribution in [2.24, 2.45) is 5.92 Å². The second-order valence-corrected chi connectivity index (χ2v) is 11.2. The van der Waals surface area contributed by atoms with E-state index in [-0.39, 0.29) is 30.1 Å². The first-order chi connectivity index (χ1) is 17.9. The third-order valence-electron chi connectivity index (χ3n) is 7.28. The van der Waals surface area contributed by atoms with Crippen molar-refractivity contribution in [1.82, 2.24) is 14.4 Å². The number of rotatable bonds is 6. The number of halogens is 1. The highest BCUT2D eigenvalue weighted by Crippen LogP contribution is 2.36. The molecule has 3 aromatic rings. The topological polar surface area (TPSA) is 62.6 Å². The molecule has 2 fully saturated rings. The lowest BCUT2D eigenvalue weighted by Gasteiger charge is -2.30. The Hall–Kier alpha value is -3.03. The summed E-state index contributed by atoms with van der Waals surface area (Å²) in [6, 6.07) is 13.3. The molecule has 3 heterocycles. The van der Waals surface area contributed by atoms with Crippen LogP contribution < -0.4 is 0 Å². The molecule has 8 heteroatoms. The number of hydrogen-bond acceptors (Lipinski definition) is 4. The maximum atomic E-state index is 13.2. The molecule has 0 unspecified atom stereocenters. The minimum absolute atomic E-state index is 0.112. The van der Waals surface area contributed by atoms with Crippen LogP contribution in [0.5, 0.6) is 0 Å². The van der Waals surface area contributed by atoms with Crippen LogP contribution in [0.25, 0.3) is 17.0 Å². The number of piperidine rings is 1. The van der Waals surface area contributed by atoms with E-state index in [9.17, 15) is 14.4 Å². The summed E-state index contributed by atoms with van der Waals surface area (Å²) < 4.78 is 2.01. The van der Waals surface area contributed by atoms with Crippen LogP contribution in [0.4, 0.5) is 4.79 Å². The average molecular weight is 536 g/mol. The monoisotopic (exact) mass is 535 g/mol. The van der Waals surface area contributed by atoms with Crippen molar-refractivity contribution in [3.05, 3.63) is 75.3 Å². The minimum Gasteiger partial charge on any atom is -0.341 e. The Bertz CT molecular complexity index is 1400. The molecule has 3 amide bonds. The first kappa shape index (κ1) is 25.6. The fourth-order valence-corrected chi connectivity index (χ4v) is 6.09. The number of thioether (sulfide) groups is 1. The summed E-state index contributed by atoms with van der Waals surface area (Å²) >= 11 is 7.20. The van der Waals surface area contributed by atoms with Gasteiger partial charge in [-0.15, -0.1) is 0 Å². The number of likely N-dealkylation sites (tertiary alicyclic amines) is 1. The summed E-state index contributed by atoms with van der Waals surface area (Å²) in [6.07, 6.45) is 6.62. The molecule has 5 rings (SSSR count). The molecule has 192 valence electrons. The summed E-state index contributed by atoms with van der Waals surface area (Å²) in [4.78, 5) is 42.7. The van der Waals surface area contributed by atoms with Gasteiger partial charge in [0.05, 0.1) is 17.0 Å². The summed E-state index contributed by atoms with van der Waals surface area (Å²) in [5, 5.41) is 1.18. The van der Waals surface area contributed by atoms with Crippen molar-refractivity contribution >= 4 is 57.4 Å². The van der Waals surface area contributed by atoms with Gasteiger partial charge in [-0.25, -0.2) is 0 Å². The number of para-hydroxylation sites is 1. The van der Waals surface area contributed by atoms with Gasteiger partial charge >= 0.3 is 0 Å². The molecule has 0 aliphatic carbocycles. The largest absolute Gasteiger partial charge is 0.341 e. The van der Waals surface area contributed by atoms with Crippen molar-refractivity contribution in [2.75, 3.05) is 13.1 Å². The number of carbonyl (C=O) groups is 3. The van der Waals surface area contributed by atoms with Gasteiger partial charge in [-0.2, -0.15) is 0 Å². The van der Waals surface area contributed by atoms with E-state index >= 15 is 0 Å². The number of aryl methyl sites for hydroxylation is 1. The summed E-state index contributed by atoms with van der Waals surface area (Å²) in [7, 11) is 0. The second-order valence-electron chi connectivity index (χ2n) is 9.80. The number of nitrogens with zero attached hydrogens (tertiary/aromatic N) is 3. The second kappa shape index (κ2) is 10.8. The normalized spacial score (nSPS) is 18.0. The highest BCUT2D eigenvalue weighted by molar-refractivity contribution is 8.18. The van der Waals surface area contributed by atoms with Gasteiger partial charge in [0.15, 0.2) is 0 Å². The van der Waals surface area contributed by atoms with Crippen molar-refractivity contribution < 1.29 is 14.4 Å². The van der Waals surface area contributed by atoms with E-state index in [1.165, 1.54) is 4.90 Å². The van der Waals surface area contributed by atoms with Gasteiger partial charge in [-0.3, -0.25) is 19.3 Å². The molecule has 0 spiro atoms. The number of hydrogen-bond donors (Lipinski definition) is 0. The van der Waals surface area contributed by atoms with Crippen molar-refractivity contribution in [3.63, 3.8) is 0 Å². The summed E-state index contributed by atoms with van der Waals surface area (Å²) in [5.41, 5.74) is 3.70. The van der Waals surface area contributed by atoms with Crippen molar-refractivity contribution in [1.29, 1.82) is 0 Å². The summed E-state index contributed by atoms with van der Waals surface area (Å²) in [6.45, 7) is 6.31. The molecule has 0 atom stereocenters. The predicted octanol–water partition coefficient (Wildman–Crippen LogP) is 6.35. The Balaban J connectivity index is 1.45. The van der Waals surface area contributed by atoms with E-state index in [0.29, 0.717) is 15.8 Å². The van der Waals surface area contributed by atoms with Crippen LogP contribution in [0.15, 0.2) is 53.6 Å². The number of benzene rings is 2. The van der Waals surface area contributed by atoms with Gasteiger partial charge in [0.1, 0.15) is 6.54 Å². The molecule has 2 aliphatic rings. The standard InChI is InChI=1S/C29H30ClN3O3S/c1-3-20-8-6-9-23-22(16-32(27(20)23)18-26(34)31-13-11-19(2)12-14-31)15-25-28(35)33(29(36)37-25)17-21-7-4-5-10-24(21)30/h4-10,15-16,19H,3,11-14,17-18H2,1-2H3/b25-15-. The molecular formula is C29H30ClN3O3S. The fourth-order valence-electron chi connectivity index (χ4n) is 5.07. The van der Waals surface area contributed by atoms with Crippen LogP contribution in [-0.2, 0) is 29.1 Å². The quantitative estimate of drug-likeness (QED) is 0.345. The third-order valence-corrected chi connectivity index (χ3v) is 8.56.